The molecular formula is C18H25NO5. The van der Waals surface area contributed by atoms with Gasteiger partial charge in [-0.15, -0.1) is 0 Å². The molecule has 0 aromatic heterocycles. The number of carbonyl (C=O) groups excluding carboxylic acids is 2. The van der Waals surface area contributed by atoms with Crippen LogP contribution in [0.4, 0.5) is 5.69 Å². The Morgan fingerprint density at radius 1 is 1.08 bits per heavy atom. The van der Waals surface area contributed by atoms with E-state index in [0.29, 0.717) is 5.56 Å². The van der Waals surface area contributed by atoms with Crippen LogP contribution >= 0.6 is 0 Å². The molecule has 0 saturated heterocycles. The Hall–Kier alpha value is -2.34. The molecule has 0 amide bonds. The highest BCUT2D eigenvalue weighted by Gasteiger charge is 2.06. The average molecular weight is 335 g/mol. The van der Waals surface area contributed by atoms with Crippen LogP contribution in [0.15, 0.2) is 36.9 Å². The summed E-state index contributed by atoms with van der Waals surface area (Å²) in [7, 11) is 0. The number of rotatable bonds is 12. The predicted octanol–water partition coefficient (Wildman–Crippen LogP) is 2.80. The number of esters is 2. The van der Waals surface area contributed by atoms with Gasteiger partial charge < -0.3 is 19.5 Å². The Morgan fingerprint density at radius 2 is 1.75 bits per heavy atom. The molecule has 24 heavy (non-hydrogen) atoms. The van der Waals surface area contributed by atoms with E-state index in [1.807, 2.05) is 12.1 Å². The summed E-state index contributed by atoms with van der Waals surface area (Å²) in [5, 5.41) is 3.28. The van der Waals surface area contributed by atoms with Crippen molar-refractivity contribution in [2.45, 2.75) is 19.8 Å². The second-order valence-electron chi connectivity index (χ2n) is 4.98. The molecule has 0 aliphatic heterocycles. The molecule has 0 atom stereocenters. The average Bonchev–Trinajstić information content (AvgIpc) is 2.61. The van der Waals surface area contributed by atoms with Crippen molar-refractivity contribution in [1.82, 2.24) is 0 Å². The molecule has 0 aliphatic carbocycles. The summed E-state index contributed by atoms with van der Waals surface area (Å²) in [6.45, 7) is 7.11. The summed E-state index contributed by atoms with van der Waals surface area (Å²) < 4.78 is 15.0. The topological polar surface area (TPSA) is 73.9 Å². The zero-order valence-electron chi connectivity index (χ0n) is 14.1. The van der Waals surface area contributed by atoms with Gasteiger partial charge in [0.15, 0.2) is 0 Å². The van der Waals surface area contributed by atoms with Crippen molar-refractivity contribution in [2.24, 2.45) is 0 Å². The number of anilines is 1. The van der Waals surface area contributed by atoms with Crippen molar-refractivity contribution in [1.29, 1.82) is 0 Å². The van der Waals surface area contributed by atoms with Gasteiger partial charge in [-0.05, 0) is 30.7 Å². The fourth-order valence-corrected chi connectivity index (χ4v) is 1.77. The van der Waals surface area contributed by atoms with Gasteiger partial charge in [-0.25, -0.2) is 9.59 Å². The van der Waals surface area contributed by atoms with Crippen molar-refractivity contribution >= 4 is 17.6 Å². The smallest absolute Gasteiger partial charge is 0.338 e. The monoisotopic (exact) mass is 335 g/mol. The molecule has 1 aromatic carbocycles. The van der Waals surface area contributed by atoms with Crippen LogP contribution in [-0.2, 0) is 19.0 Å². The first-order valence-electron chi connectivity index (χ1n) is 8.05. The number of unbranched alkanes of at least 4 members (excludes halogenated alkanes) is 1. The number of ether oxygens (including phenoxy) is 3. The van der Waals surface area contributed by atoms with Gasteiger partial charge in [0.05, 0.1) is 18.8 Å². The first-order chi connectivity index (χ1) is 11.7. The zero-order valence-corrected chi connectivity index (χ0v) is 14.1. The van der Waals surface area contributed by atoms with Crippen molar-refractivity contribution < 1.29 is 23.8 Å². The molecule has 0 unspecified atom stereocenters. The van der Waals surface area contributed by atoms with E-state index in [1.54, 1.807) is 12.1 Å². The summed E-state index contributed by atoms with van der Waals surface area (Å²) in [5.74, 6) is -0.880. The van der Waals surface area contributed by atoms with Crippen LogP contribution in [0, 0.1) is 0 Å². The minimum atomic E-state index is -0.488. The predicted molar refractivity (Wildman–Crippen MR) is 92.1 cm³/mol. The Morgan fingerprint density at radius 3 is 2.38 bits per heavy atom. The summed E-state index contributed by atoms with van der Waals surface area (Å²) in [6, 6.07) is 7.17. The number of benzene rings is 1. The molecule has 1 N–H and O–H groups in total. The van der Waals surface area contributed by atoms with E-state index < -0.39 is 11.9 Å². The second kappa shape index (κ2) is 12.1. The molecule has 0 saturated carbocycles. The van der Waals surface area contributed by atoms with E-state index in [4.69, 9.17) is 14.2 Å². The fourth-order valence-electron chi connectivity index (χ4n) is 1.77. The highest BCUT2D eigenvalue weighted by atomic mass is 16.6. The summed E-state index contributed by atoms with van der Waals surface area (Å²) >= 11 is 0. The van der Waals surface area contributed by atoms with E-state index in [0.717, 1.165) is 31.1 Å². The van der Waals surface area contributed by atoms with Crippen molar-refractivity contribution in [3.05, 3.63) is 42.5 Å². The minimum Gasteiger partial charge on any atom is -0.460 e. The van der Waals surface area contributed by atoms with Crippen LogP contribution in [0.3, 0.4) is 0 Å². The molecule has 0 spiro atoms. The molecule has 0 aliphatic rings. The number of nitrogens with one attached hydrogen (secondary N) is 1. The Kier molecular flexibility index (Phi) is 9.96. The lowest BCUT2D eigenvalue weighted by molar-refractivity contribution is -0.139. The van der Waals surface area contributed by atoms with Gasteiger partial charge in [0.2, 0.25) is 0 Å². The first-order valence-corrected chi connectivity index (χ1v) is 8.05. The van der Waals surface area contributed by atoms with E-state index in [2.05, 4.69) is 18.8 Å². The lowest BCUT2D eigenvalue weighted by Crippen LogP contribution is -2.14. The third kappa shape index (κ3) is 8.33. The second-order valence-corrected chi connectivity index (χ2v) is 4.98. The molecule has 6 heteroatoms. The van der Waals surface area contributed by atoms with E-state index in [-0.39, 0.29) is 26.4 Å². The molecule has 0 bridgehead atoms. The highest BCUT2D eigenvalue weighted by molar-refractivity contribution is 5.89. The Balaban J connectivity index is 2.16. The third-order valence-corrected chi connectivity index (χ3v) is 3.08. The maximum atomic E-state index is 11.9. The number of hydrogen-bond donors (Lipinski definition) is 1. The van der Waals surface area contributed by atoms with Gasteiger partial charge in [0, 0.05) is 18.3 Å². The first kappa shape index (κ1) is 19.7. The van der Waals surface area contributed by atoms with Crippen LogP contribution in [-0.4, -0.2) is 44.9 Å². The number of carbonyl (C=O) groups is 2. The van der Waals surface area contributed by atoms with Crippen LogP contribution < -0.4 is 5.32 Å². The quantitative estimate of drug-likeness (QED) is 0.360. The van der Waals surface area contributed by atoms with E-state index in [1.165, 1.54) is 0 Å². The van der Waals surface area contributed by atoms with Gasteiger partial charge in [-0.3, -0.25) is 0 Å². The van der Waals surface area contributed by atoms with Crippen LogP contribution in [0.2, 0.25) is 0 Å². The van der Waals surface area contributed by atoms with E-state index in [9.17, 15) is 9.59 Å². The van der Waals surface area contributed by atoms with Gasteiger partial charge in [0.1, 0.15) is 13.2 Å². The Bertz CT molecular complexity index is 513. The summed E-state index contributed by atoms with van der Waals surface area (Å²) in [5.41, 5.74) is 1.48. The molecule has 0 heterocycles. The molecular weight excluding hydrogens is 310 g/mol. The minimum absolute atomic E-state index is 0.144. The fraction of sp³-hybridized carbons (Fsp3) is 0.444. The van der Waals surface area contributed by atoms with Crippen LogP contribution in [0.5, 0.6) is 0 Å². The third-order valence-electron chi connectivity index (χ3n) is 3.08. The van der Waals surface area contributed by atoms with Crippen LogP contribution in [0.1, 0.15) is 30.1 Å². The molecule has 0 fully saturated rings. The van der Waals surface area contributed by atoms with Crippen molar-refractivity contribution in [3.63, 3.8) is 0 Å². The maximum Gasteiger partial charge on any atom is 0.338 e. The van der Waals surface area contributed by atoms with Gasteiger partial charge in [-0.1, -0.05) is 19.9 Å². The van der Waals surface area contributed by atoms with E-state index >= 15 is 0 Å². The van der Waals surface area contributed by atoms with Crippen molar-refractivity contribution in [3.8, 4) is 0 Å². The maximum absolute atomic E-state index is 11.9. The van der Waals surface area contributed by atoms with Gasteiger partial charge in [-0.2, -0.15) is 0 Å². The molecule has 1 aromatic rings. The molecule has 132 valence electrons. The zero-order chi connectivity index (χ0) is 17.6. The lowest BCUT2D eigenvalue weighted by atomic mass is 10.2. The number of hydrogen-bond acceptors (Lipinski definition) is 6. The standard InChI is InChI=1S/C18H25NO5/c1-3-5-10-19-16-8-6-15(7-9-16)18(21)24-14-12-22-11-13-23-17(20)4-2/h4,6-9,19H,2-3,5,10-14H2,1H3. The summed E-state index contributed by atoms with van der Waals surface area (Å²) in [6.07, 6.45) is 3.33. The molecule has 1 rings (SSSR count). The van der Waals surface area contributed by atoms with Gasteiger partial charge >= 0.3 is 11.9 Å². The largest absolute Gasteiger partial charge is 0.460 e. The van der Waals surface area contributed by atoms with Crippen LogP contribution in [0.25, 0.3) is 0 Å². The van der Waals surface area contributed by atoms with Crippen molar-refractivity contribution in [2.75, 3.05) is 38.3 Å². The van der Waals surface area contributed by atoms with Gasteiger partial charge in [0.25, 0.3) is 0 Å². The SMILES string of the molecule is C=CC(=O)OCCOCCOC(=O)c1ccc(NCCCC)cc1. The lowest BCUT2D eigenvalue weighted by Gasteiger charge is -2.08. The summed E-state index contributed by atoms with van der Waals surface area (Å²) in [4.78, 5) is 22.6. The highest BCUT2D eigenvalue weighted by Crippen LogP contribution is 2.10. The Labute approximate surface area is 142 Å². The normalized spacial score (nSPS) is 10.0. The molecule has 0 radical (unpaired) electrons. The molecule has 6 nitrogen and oxygen atoms in total.